The summed E-state index contributed by atoms with van der Waals surface area (Å²) >= 11 is 0. The summed E-state index contributed by atoms with van der Waals surface area (Å²) in [5.41, 5.74) is 3.21. The molecule has 3 fully saturated rings. The fourth-order valence-corrected chi connectivity index (χ4v) is 5.59. The van der Waals surface area contributed by atoms with Crippen molar-refractivity contribution >= 4 is 17.3 Å². The standard InChI is InChI=1S/C31H35F2N7O3/c1-2-42-28-16-23(4-5-26(28)40-13-11-39(12-14-40)24-18-41-19-24)37-30-36-10-7-25(38-30)21-3-6-27(22(15-21)17-34)43-29-8-9-35-20-31(29,32)33/h3-7,10,15-16,24,29,35H,2,8-9,11-14,18-20H2,1H3,(H,36,37,38). The van der Waals surface area contributed by atoms with Gasteiger partial charge >= 0.3 is 0 Å². The largest absolute Gasteiger partial charge is 0.492 e. The number of rotatable bonds is 9. The van der Waals surface area contributed by atoms with E-state index >= 15 is 0 Å². The summed E-state index contributed by atoms with van der Waals surface area (Å²) in [7, 11) is 0. The third-order valence-electron chi connectivity index (χ3n) is 8.04. The lowest BCUT2D eigenvalue weighted by Gasteiger charge is -2.43. The number of nitriles is 1. The van der Waals surface area contributed by atoms with Gasteiger partial charge in [0.1, 0.15) is 17.6 Å². The fraction of sp³-hybridized carbons (Fsp3) is 0.452. The molecule has 4 heterocycles. The number of hydrogen-bond donors (Lipinski definition) is 2. The van der Waals surface area contributed by atoms with Gasteiger partial charge in [-0.1, -0.05) is 0 Å². The maximum absolute atomic E-state index is 14.3. The second-order valence-corrected chi connectivity index (χ2v) is 10.9. The monoisotopic (exact) mass is 591 g/mol. The molecular weight excluding hydrogens is 556 g/mol. The van der Waals surface area contributed by atoms with Crippen LogP contribution in [0.1, 0.15) is 18.9 Å². The zero-order valence-electron chi connectivity index (χ0n) is 24.1. The van der Waals surface area contributed by atoms with Crippen LogP contribution in [-0.2, 0) is 4.74 Å². The molecule has 12 heteroatoms. The Hall–Kier alpha value is -4.05. The maximum Gasteiger partial charge on any atom is 0.296 e. The van der Waals surface area contributed by atoms with Gasteiger partial charge in [0.2, 0.25) is 5.95 Å². The van der Waals surface area contributed by atoms with Gasteiger partial charge in [-0.25, -0.2) is 18.7 Å². The molecule has 3 aliphatic rings. The fourth-order valence-electron chi connectivity index (χ4n) is 5.59. The van der Waals surface area contributed by atoms with Gasteiger partial charge in [-0.15, -0.1) is 0 Å². The minimum atomic E-state index is -3.02. The molecular formula is C31H35F2N7O3. The number of benzene rings is 2. The van der Waals surface area contributed by atoms with E-state index in [1.54, 1.807) is 30.5 Å². The molecule has 0 amide bonds. The van der Waals surface area contributed by atoms with Crippen molar-refractivity contribution in [3.63, 3.8) is 0 Å². The Morgan fingerprint density at radius 3 is 2.67 bits per heavy atom. The predicted molar refractivity (Wildman–Crippen MR) is 158 cm³/mol. The first-order valence-electron chi connectivity index (χ1n) is 14.7. The highest BCUT2D eigenvalue weighted by Gasteiger charge is 2.43. The molecule has 2 aromatic carbocycles. The van der Waals surface area contributed by atoms with E-state index in [1.807, 2.05) is 19.1 Å². The number of aromatic nitrogens is 2. The minimum absolute atomic E-state index is 0.132. The molecule has 0 aliphatic carbocycles. The van der Waals surface area contributed by atoms with Gasteiger partial charge in [0.15, 0.2) is 6.10 Å². The van der Waals surface area contributed by atoms with E-state index in [0.717, 1.165) is 56.5 Å². The Morgan fingerprint density at radius 1 is 1.12 bits per heavy atom. The lowest BCUT2D eigenvalue weighted by atomic mass is 10.0. The molecule has 0 radical (unpaired) electrons. The third-order valence-corrected chi connectivity index (χ3v) is 8.04. The van der Waals surface area contributed by atoms with E-state index in [9.17, 15) is 14.0 Å². The topological polar surface area (TPSA) is 108 Å². The number of nitrogens with zero attached hydrogens (tertiary/aromatic N) is 5. The van der Waals surface area contributed by atoms with Gasteiger partial charge in [0.05, 0.1) is 49.4 Å². The lowest BCUT2D eigenvalue weighted by molar-refractivity contribution is -0.109. The van der Waals surface area contributed by atoms with Crippen molar-refractivity contribution in [3.05, 3.63) is 54.2 Å². The van der Waals surface area contributed by atoms with Crippen LogP contribution in [-0.4, -0.2) is 92.0 Å². The number of piperazine rings is 1. The van der Waals surface area contributed by atoms with Crippen molar-refractivity contribution in [1.29, 1.82) is 5.26 Å². The van der Waals surface area contributed by atoms with E-state index in [-0.39, 0.29) is 17.7 Å². The van der Waals surface area contributed by atoms with Gasteiger partial charge in [-0.2, -0.15) is 5.26 Å². The molecule has 3 saturated heterocycles. The van der Waals surface area contributed by atoms with Crippen LogP contribution in [0.5, 0.6) is 11.5 Å². The summed E-state index contributed by atoms with van der Waals surface area (Å²) in [5.74, 6) is -1.72. The van der Waals surface area contributed by atoms with Crippen LogP contribution in [0.3, 0.4) is 0 Å². The van der Waals surface area contributed by atoms with E-state index in [4.69, 9.17) is 14.2 Å². The first-order chi connectivity index (χ1) is 20.9. The van der Waals surface area contributed by atoms with Crippen molar-refractivity contribution in [2.45, 2.75) is 31.4 Å². The molecule has 0 spiro atoms. The van der Waals surface area contributed by atoms with Gasteiger partial charge in [-0.3, -0.25) is 4.90 Å². The van der Waals surface area contributed by atoms with Crippen LogP contribution in [0.25, 0.3) is 11.3 Å². The van der Waals surface area contributed by atoms with Crippen molar-refractivity contribution in [3.8, 4) is 28.8 Å². The number of anilines is 3. The Balaban J connectivity index is 1.16. The van der Waals surface area contributed by atoms with Gasteiger partial charge < -0.3 is 29.7 Å². The van der Waals surface area contributed by atoms with E-state index in [2.05, 4.69) is 42.5 Å². The normalized spacial score (nSPS) is 20.6. The highest BCUT2D eigenvalue weighted by molar-refractivity contribution is 5.69. The summed E-state index contributed by atoms with van der Waals surface area (Å²) in [6.07, 6.45) is 0.488. The molecule has 6 rings (SSSR count). The average Bonchev–Trinajstić information content (AvgIpc) is 2.98. The summed E-state index contributed by atoms with van der Waals surface area (Å²) < 4.78 is 45.6. The van der Waals surface area contributed by atoms with Crippen LogP contribution in [0.2, 0.25) is 0 Å². The van der Waals surface area contributed by atoms with Crippen LogP contribution in [0, 0.1) is 11.3 Å². The Bertz CT molecular complexity index is 1470. The summed E-state index contributed by atoms with van der Waals surface area (Å²) in [6, 6.07) is 15.2. The van der Waals surface area contributed by atoms with Crippen LogP contribution in [0.15, 0.2) is 48.7 Å². The smallest absolute Gasteiger partial charge is 0.296 e. The Morgan fingerprint density at radius 2 is 1.95 bits per heavy atom. The van der Waals surface area contributed by atoms with E-state index in [1.165, 1.54) is 0 Å². The molecule has 10 nitrogen and oxygen atoms in total. The molecule has 3 aromatic rings. The second-order valence-electron chi connectivity index (χ2n) is 10.9. The number of piperidine rings is 1. The first-order valence-corrected chi connectivity index (χ1v) is 14.7. The highest BCUT2D eigenvalue weighted by Crippen LogP contribution is 2.35. The summed E-state index contributed by atoms with van der Waals surface area (Å²) in [6.45, 7) is 7.96. The minimum Gasteiger partial charge on any atom is -0.492 e. The molecule has 43 heavy (non-hydrogen) atoms. The van der Waals surface area contributed by atoms with Crippen LogP contribution < -0.4 is 25.0 Å². The number of nitrogens with one attached hydrogen (secondary N) is 2. The third kappa shape index (κ3) is 6.49. The maximum atomic E-state index is 14.3. The second kappa shape index (κ2) is 12.7. The van der Waals surface area contributed by atoms with E-state index in [0.29, 0.717) is 36.4 Å². The predicted octanol–water partition coefficient (Wildman–Crippen LogP) is 4.05. The number of alkyl halides is 2. The Labute approximate surface area is 249 Å². The van der Waals surface area contributed by atoms with Crippen LogP contribution >= 0.6 is 0 Å². The van der Waals surface area contributed by atoms with Crippen molar-refractivity contribution in [2.75, 3.05) is 69.3 Å². The van der Waals surface area contributed by atoms with Gasteiger partial charge in [0.25, 0.3) is 5.92 Å². The Kier molecular flexibility index (Phi) is 8.56. The summed E-state index contributed by atoms with van der Waals surface area (Å²) in [4.78, 5) is 13.9. The van der Waals surface area contributed by atoms with Crippen molar-refractivity contribution in [1.82, 2.24) is 20.2 Å². The summed E-state index contributed by atoms with van der Waals surface area (Å²) in [5, 5.41) is 15.7. The highest BCUT2D eigenvalue weighted by atomic mass is 19.3. The molecule has 0 bridgehead atoms. The molecule has 2 N–H and O–H groups in total. The quantitative estimate of drug-likeness (QED) is 0.378. The first kappa shape index (κ1) is 29.0. The molecule has 0 saturated carbocycles. The molecule has 1 unspecified atom stereocenters. The zero-order chi connectivity index (χ0) is 29.8. The molecule has 1 aromatic heterocycles. The molecule has 3 aliphatic heterocycles. The number of hydrogen-bond acceptors (Lipinski definition) is 10. The van der Waals surface area contributed by atoms with E-state index < -0.39 is 18.6 Å². The number of halogens is 2. The zero-order valence-corrected chi connectivity index (χ0v) is 24.1. The number of ether oxygens (including phenoxy) is 3. The SMILES string of the molecule is CCOc1cc(Nc2nccc(-c3ccc(OC4CCNCC4(F)F)c(C#N)c3)n2)ccc1N1CCN(C2COC2)CC1. The molecule has 1 atom stereocenters. The van der Waals surface area contributed by atoms with Gasteiger partial charge in [-0.05, 0) is 49.9 Å². The molecule has 226 valence electrons. The van der Waals surface area contributed by atoms with Crippen molar-refractivity contribution < 1.29 is 23.0 Å². The van der Waals surface area contributed by atoms with Gasteiger partial charge in [0, 0.05) is 56.1 Å². The average molecular weight is 592 g/mol. The van der Waals surface area contributed by atoms with Crippen molar-refractivity contribution in [2.24, 2.45) is 0 Å². The lowest BCUT2D eigenvalue weighted by Crippen LogP contribution is -2.56. The van der Waals surface area contributed by atoms with Crippen LogP contribution in [0.4, 0.5) is 26.1 Å².